The fraction of sp³-hybridized carbons (Fsp3) is 0.500. The molecule has 0 aromatic heterocycles. The van der Waals surface area contributed by atoms with E-state index in [0.29, 0.717) is 5.56 Å². The second-order valence-corrected chi connectivity index (χ2v) is 6.65. The van der Waals surface area contributed by atoms with Crippen LogP contribution in [0.15, 0.2) is 36.4 Å². The van der Waals surface area contributed by atoms with Gasteiger partial charge in [-0.15, -0.1) is 0 Å². The van der Waals surface area contributed by atoms with E-state index in [1.54, 1.807) is 14.2 Å². The quantitative estimate of drug-likeness (QED) is 0.478. The molecule has 2 bridgehead atoms. The van der Waals surface area contributed by atoms with Crippen LogP contribution in [0.1, 0.15) is 28.8 Å². The van der Waals surface area contributed by atoms with Crippen molar-refractivity contribution in [2.75, 3.05) is 14.2 Å². The van der Waals surface area contributed by atoms with E-state index in [1.807, 2.05) is 24.3 Å². The summed E-state index contributed by atoms with van der Waals surface area (Å²) < 4.78 is 18.2. The minimum absolute atomic E-state index is 0.0897. The zero-order valence-corrected chi connectivity index (χ0v) is 12.7. The van der Waals surface area contributed by atoms with E-state index >= 15 is 0 Å². The van der Waals surface area contributed by atoms with Crippen molar-refractivity contribution >= 4 is 5.78 Å². The molecule has 4 heteroatoms. The molecule has 1 aromatic carbocycles. The number of fused-ring (bicyclic) bond motifs is 2. The van der Waals surface area contributed by atoms with E-state index in [1.165, 1.54) is 0 Å². The lowest BCUT2D eigenvalue weighted by Gasteiger charge is -2.50. The second kappa shape index (κ2) is 3.70. The van der Waals surface area contributed by atoms with Crippen LogP contribution in [0.3, 0.4) is 0 Å². The Kier molecular flexibility index (Phi) is 2.19. The number of Topliss-reactive ketones (excluding diaryl/α,β-unsaturated/α-hetero) is 1. The highest BCUT2D eigenvalue weighted by Crippen LogP contribution is 2.75. The highest BCUT2D eigenvalue weighted by Gasteiger charge is 2.91. The Labute approximate surface area is 129 Å². The van der Waals surface area contributed by atoms with Crippen molar-refractivity contribution in [1.29, 1.82) is 0 Å². The van der Waals surface area contributed by atoms with E-state index in [4.69, 9.17) is 14.2 Å². The number of epoxide rings is 1. The maximum Gasteiger partial charge on any atom is 0.229 e. The molecule has 0 spiro atoms. The normalized spacial score (nSPS) is 42.5. The highest BCUT2D eigenvalue weighted by molar-refractivity contribution is 6.09. The number of hydrogen-bond donors (Lipinski definition) is 0. The third kappa shape index (κ3) is 0.995. The van der Waals surface area contributed by atoms with Gasteiger partial charge in [-0.2, -0.15) is 0 Å². The van der Waals surface area contributed by atoms with Crippen molar-refractivity contribution in [2.24, 2.45) is 11.8 Å². The first kappa shape index (κ1) is 13.0. The SMILES string of the molecule is COC1(OC)c2ccccc2C(=O)[C@]23O[C@]12[C@H]1C=C[C@H]3CC1. The predicted molar refractivity (Wildman–Crippen MR) is 78.4 cm³/mol. The summed E-state index contributed by atoms with van der Waals surface area (Å²) in [6.07, 6.45) is 6.34. The predicted octanol–water partition coefficient (Wildman–Crippen LogP) is 2.43. The first-order valence-corrected chi connectivity index (χ1v) is 7.81. The molecule has 4 nitrogen and oxygen atoms in total. The van der Waals surface area contributed by atoms with Crippen LogP contribution >= 0.6 is 0 Å². The molecule has 4 atom stereocenters. The van der Waals surface area contributed by atoms with Gasteiger partial charge >= 0.3 is 0 Å². The Morgan fingerprint density at radius 2 is 1.77 bits per heavy atom. The molecule has 2 fully saturated rings. The molecule has 5 aliphatic rings. The summed E-state index contributed by atoms with van der Waals surface area (Å²) in [7, 11) is 3.28. The summed E-state index contributed by atoms with van der Waals surface area (Å²) in [5.41, 5.74) is -0.0585. The summed E-state index contributed by atoms with van der Waals surface area (Å²) >= 11 is 0. The maximum absolute atomic E-state index is 13.2. The molecule has 1 saturated carbocycles. The second-order valence-electron chi connectivity index (χ2n) is 6.65. The summed E-state index contributed by atoms with van der Waals surface area (Å²) in [6, 6.07) is 7.58. The van der Waals surface area contributed by atoms with E-state index in [-0.39, 0.29) is 17.6 Å². The van der Waals surface area contributed by atoms with Gasteiger partial charge < -0.3 is 14.2 Å². The van der Waals surface area contributed by atoms with E-state index in [9.17, 15) is 4.79 Å². The Morgan fingerprint density at radius 1 is 1.09 bits per heavy atom. The van der Waals surface area contributed by atoms with Crippen LogP contribution < -0.4 is 0 Å². The maximum atomic E-state index is 13.2. The zero-order valence-electron chi connectivity index (χ0n) is 12.7. The lowest BCUT2D eigenvalue weighted by Crippen LogP contribution is -2.64. The summed E-state index contributed by atoms with van der Waals surface area (Å²) in [5, 5.41) is 0. The standard InChI is InChI=1S/C18H18O4/c1-20-18(21-2)14-6-4-3-5-13(14)15(19)16-11-7-9-12(10-8-11)17(16,18)22-16/h3-7,9,11-12H,8,10H2,1-2H3/t11-,12-,16-,17-/m0/s1. The lowest BCUT2D eigenvalue weighted by molar-refractivity contribution is -0.268. The highest BCUT2D eigenvalue weighted by atomic mass is 16.8. The summed E-state index contributed by atoms with van der Waals surface area (Å²) in [5.74, 6) is -0.671. The van der Waals surface area contributed by atoms with Gasteiger partial charge in [0.05, 0.1) is 0 Å². The van der Waals surface area contributed by atoms with Crippen molar-refractivity contribution in [3.63, 3.8) is 0 Å². The van der Waals surface area contributed by atoms with Crippen molar-refractivity contribution < 1.29 is 19.0 Å². The third-order valence-corrected chi connectivity index (χ3v) is 6.17. The minimum atomic E-state index is -1.02. The van der Waals surface area contributed by atoms with Crippen LogP contribution in [-0.4, -0.2) is 31.2 Å². The molecule has 1 aliphatic heterocycles. The monoisotopic (exact) mass is 298 g/mol. The number of rotatable bonds is 2. The lowest BCUT2D eigenvalue weighted by atomic mass is 9.54. The van der Waals surface area contributed by atoms with Crippen LogP contribution in [0.25, 0.3) is 0 Å². The number of benzene rings is 1. The Bertz CT molecular complexity index is 720. The molecule has 1 heterocycles. The van der Waals surface area contributed by atoms with Gasteiger partial charge in [0.2, 0.25) is 5.79 Å². The molecule has 1 saturated heterocycles. The molecule has 0 N–H and O–H groups in total. The molecular weight excluding hydrogens is 280 g/mol. The first-order valence-electron chi connectivity index (χ1n) is 7.81. The number of ether oxygens (including phenoxy) is 3. The van der Waals surface area contributed by atoms with Gasteiger partial charge in [-0.3, -0.25) is 4.79 Å². The van der Waals surface area contributed by atoms with Crippen molar-refractivity contribution in [2.45, 2.75) is 29.8 Å². The molecule has 4 aliphatic carbocycles. The van der Waals surface area contributed by atoms with Gasteiger partial charge in [-0.1, -0.05) is 36.4 Å². The summed E-state index contributed by atoms with van der Waals surface area (Å²) in [4.78, 5) is 13.2. The zero-order chi connectivity index (χ0) is 15.2. The average molecular weight is 298 g/mol. The molecule has 0 radical (unpaired) electrons. The number of ketones is 1. The molecule has 22 heavy (non-hydrogen) atoms. The van der Waals surface area contributed by atoms with Gasteiger partial charge in [0.25, 0.3) is 0 Å². The van der Waals surface area contributed by atoms with Gasteiger partial charge in [-0.05, 0) is 12.8 Å². The molecule has 6 rings (SSSR count). The fourth-order valence-electron chi connectivity index (χ4n) is 5.34. The summed E-state index contributed by atoms with van der Waals surface area (Å²) in [6.45, 7) is 0. The van der Waals surface area contributed by atoms with Gasteiger partial charge in [0.1, 0.15) is 0 Å². The molecule has 0 unspecified atom stereocenters. The average Bonchev–Trinajstić information content (AvgIpc) is 3.33. The van der Waals surface area contributed by atoms with Crippen LogP contribution in [-0.2, 0) is 20.0 Å². The van der Waals surface area contributed by atoms with Gasteiger partial charge in [-0.25, -0.2) is 0 Å². The van der Waals surface area contributed by atoms with Crippen LogP contribution in [0.2, 0.25) is 0 Å². The number of carbonyl (C=O) groups is 1. The first-order chi connectivity index (χ1) is 10.7. The largest absolute Gasteiger partial charge is 0.347 e. The number of methoxy groups -OCH3 is 2. The minimum Gasteiger partial charge on any atom is -0.347 e. The van der Waals surface area contributed by atoms with Crippen LogP contribution in [0, 0.1) is 11.8 Å². The number of hydrogen-bond acceptors (Lipinski definition) is 4. The van der Waals surface area contributed by atoms with Crippen molar-refractivity contribution in [3.8, 4) is 0 Å². The third-order valence-electron chi connectivity index (χ3n) is 6.17. The van der Waals surface area contributed by atoms with Crippen molar-refractivity contribution in [3.05, 3.63) is 47.5 Å². The van der Waals surface area contributed by atoms with E-state index in [0.717, 1.165) is 18.4 Å². The molecule has 114 valence electrons. The Morgan fingerprint density at radius 3 is 2.45 bits per heavy atom. The smallest absolute Gasteiger partial charge is 0.229 e. The number of carbonyl (C=O) groups excluding carboxylic acids is 1. The van der Waals surface area contributed by atoms with Crippen LogP contribution in [0.4, 0.5) is 0 Å². The van der Waals surface area contributed by atoms with Crippen molar-refractivity contribution in [1.82, 2.24) is 0 Å². The Hall–Kier alpha value is -1.49. The topological polar surface area (TPSA) is 48.1 Å². The van der Waals surface area contributed by atoms with E-state index in [2.05, 4.69) is 12.2 Å². The van der Waals surface area contributed by atoms with E-state index < -0.39 is 17.0 Å². The Balaban J connectivity index is 1.87. The van der Waals surface area contributed by atoms with Crippen LogP contribution in [0.5, 0.6) is 0 Å². The molecule has 0 amide bonds. The molecule has 1 aromatic rings. The molecular formula is C18H18O4. The fourth-order valence-corrected chi connectivity index (χ4v) is 5.34. The van der Waals surface area contributed by atoms with Gasteiger partial charge in [0, 0.05) is 37.2 Å². The van der Waals surface area contributed by atoms with Gasteiger partial charge in [0.15, 0.2) is 17.0 Å².